The van der Waals surface area contributed by atoms with Crippen LogP contribution in [0.5, 0.6) is 0 Å². The van der Waals surface area contributed by atoms with E-state index in [1.807, 2.05) is 0 Å². The molecule has 2 N–H and O–H groups in total. The Balaban J connectivity index is 4.10. The third-order valence-corrected chi connectivity index (χ3v) is 1.58. The fourth-order valence-corrected chi connectivity index (χ4v) is 0. The van der Waals surface area contributed by atoms with Crippen LogP contribution >= 0.6 is 30.1 Å². The Hall–Kier alpha value is 1.03. The van der Waals surface area contributed by atoms with Crippen molar-refractivity contribution >= 4 is 35.3 Å². The van der Waals surface area contributed by atoms with Crippen LogP contribution < -0.4 is 4.72 Å². The maximum atomic E-state index is 9.70. The Morgan fingerprint density at radius 1 is 1.43 bits per heavy atom. The van der Waals surface area contributed by atoms with Gasteiger partial charge < -0.3 is 0 Å². The van der Waals surface area contributed by atoms with Crippen LogP contribution in [-0.4, -0.2) is 5.15 Å². The van der Waals surface area contributed by atoms with E-state index in [9.17, 15) is 4.79 Å². The molecule has 0 aromatic heterocycles. The first-order chi connectivity index (χ1) is 2.81. The number of hydrogen-bond acceptors (Lipinski definition) is 2. The molecule has 0 amide bonds. The molecule has 0 radical (unpaired) electrons. The van der Waals surface area contributed by atoms with Crippen LogP contribution in [0.1, 0.15) is 0 Å². The second-order valence-corrected chi connectivity index (χ2v) is 14.1. The molecule has 0 aliphatic carbocycles. The van der Waals surface area contributed by atoms with Gasteiger partial charge in [-0.25, -0.2) is 0 Å². The van der Waals surface area contributed by atoms with Crippen molar-refractivity contribution in [3.63, 3.8) is 0 Å². The molecule has 6 heteroatoms. The second kappa shape index (κ2) is 1.77. The Bertz CT molecular complexity index is 85.6. The van der Waals surface area contributed by atoms with E-state index < -0.39 is 9.46 Å². The van der Waals surface area contributed by atoms with Gasteiger partial charge in [-0.05, 0) is 0 Å². The zero-order valence-electron chi connectivity index (χ0n) is 3.11. The van der Waals surface area contributed by atoms with Gasteiger partial charge in [-0.1, -0.05) is 0 Å². The molecule has 0 atom stereocenters. The third kappa shape index (κ3) is 7.03. The van der Waals surface area contributed by atoms with Crippen molar-refractivity contribution in [1.82, 2.24) is 0 Å². The van der Waals surface area contributed by atoms with Gasteiger partial charge in [0.15, 0.2) is 0 Å². The summed E-state index contributed by atoms with van der Waals surface area (Å²) < 4.78 is 4.87. The first kappa shape index (κ1) is 8.03. The van der Waals surface area contributed by atoms with E-state index in [0.717, 1.165) is 0 Å². The summed E-state index contributed by atoms with van der Waals surface area (Å²) in [4.78, 5) is 9.70. The first-order valence-corrected chi connectivity index (χ1v) is 7.91. The number of nitrogens with two attached hydrogens (primary N) is 1. The summed E-state index contributed by atoms with van der Waals surface area (Å²) in [6, 6.07) is 0. The van der Waals surface area contributed by atoms with Crippen molar-refractivity contribution in [2.24, 2.45) is 4.72 Å². The van der Waals surface area contributed by atoms with Gasteiger partial charge in [0, 0.05) is 0 Å². The average molecular weight is 203 g/mol. The normalized spacial score (nSPS) is 17.4. The fraction of sp³-hybridized carbons (Fsp3) is 0. The molecular weight excluding hydrogens is 200 g/mol. The van der Waals surface area contributed by atoms with Crippen LogP contribution in [0.25, 0.3) is 0 Å². The van der Waals surface area contributed by atoms with E-state index in [0.29, 0.717) is 0 Å². The molecule has 0 bridgehead atoms. The summed E-state index contributed by atoms with van der Waals surface area (Å²) in [6.45, 7) is 0. The molecule has 0 saturated heterocycles. The van der Waals surface area contributed by atoms with E-state index in [1.165, 1.54) is 0 Å². The molecule has 0 saturated carbocycles. The van der Waals surface area contributed by atoms with Gasteiger partial charge in [0.25, 0.3) is 0 Å². The SMILES string of the molecule is [NH2][Cr]([Cl])([Cl])([Cl])[CH]=O. The van der Waals surface area contributed by atoms with E-state index in [-0.39, 0.29) is 5.15 Å². The van der Waals surface area contributed by atoms with E-state index in [1.54, 1.807) is 0 Å². The summed E-state index contributed by atoms with van der Waals surface area (Å²) in [5.41, 5.74) is 0. The number of rotatable bonds is 1. The Labute approximate surface area is 54.3 Å². The second-order valence-electron chi connectivity index (χ2n) is 0.942. The molecular formula is CH3Cl3CrNO. The van der Waals surface area contributed by atoms with Gasteiger partial charge in [-0.3, -0.25) is 0 Å². The standard InChI is InChI=1S/CHO.3ClH.Cr.H2N/c1-2;;;;;/h1H;3*1H;;1H2/q;;;;+4;-1/p-3. The Kier molecular flexibility index (Phi) is 2.03. The van der Waals surface area contributed by atoms with Crippen LogP contribution in [0.4, 0.5) is 0 Å². The molecule has 7 heavy (non-hydrogen) atoms. The number of carbonyl (C=O) groups excluding carboxylic acids is 1. The van der Waals surface area contributed by atoms with Crippen molar-refractivity contribution in [1.29, 1.82) is 0 Å². The topological polar surface area (TPSA) is 43.1 Å². The zero-order valence-corrected chi connectivity index (χ0v) is 6.65. The van der Waals surface area contributed by atoms with Gasteiger partial charge >= 0.3 is 54.3 Å². The predicted octanol–water partition coefficient (Wildman–Crippen LogP) is 1.20. The summed E-state index contributed by atoms with van der Waals surface area (Å²) in [5.74, 6) is 0. The summed E-state index contributed by atoms with van der Waals surface area (Å²) in [5, 5.41) is 0.199. The number of halogens is 3. The van der Waals surface area contributed by atoms with Gasteiger partial charge in [0.2, 0.25) is 0 Å². The quantitative estimate of drug-likeness (QED) is 0.651. The van der Waals surface area contributed by atoms with Crippen molar-refractivity contribution in [3.8, 4) is 0 Å². The van der Waals surface area contributed by atoms with Gasteiger partial charge in [-0.15, -0.1) is 0 Å². The summed E-state index contributed by atoms with van der Waals surface area (Å²) in [6.07, 6.45) is 0. The molecule has 0 spiro atoms. The van der Waals surface area contributed by atoms with Gasteiger partial charge in [-0.2, -0.15) is 0 Å². The van der Waals surface area contributed by atoms with Crippen LogP contribution in [0.2, 0.25) is 0 Å². The summed E-state index contributed by atoms with van der Waals surface area (Å²) >= 11 is 0. The molecule has 45 valence electrons. The number of carbonyl (C=O) groups is 1. The molecule has 0 aliphatic heterocycles. The molecule has 2 nitrogen and oxygen atoms in total. The number of hydrogen-bond donors (Lipinski definition) is 1. The van der Waals surface area contributed by atoms with E-state index in [4.69, 9.17) is 34.9 Å². The minimum absolute atomic E-state index is 0.199. The molecule has 0 aliphatic rings. The van der Waals surface area contributed by atoms with E-state index in [2.05, 4.69) is 0 Å². The third-order valence-electron chi connectivity index (χ3n) is 0.165. The monoisotopic (exact) mass is 202 g/mol. The summed E-state index contributed by atoms with van der Waals surface area (Å²) in [7, 11) is 11.1. The van der Waals surface area contributed by atoms with Gasteiger partial charge in [0.1, 0.15) is 0 Å². The van der Waals surface area contributed by atoms with Crippen LogP contribution in [0.15, 0.2) is 0 Å². The van der Waals surface area contributed by atoms with Crippen LogP contribution in [-0.2, 0) is 14.3 Å². The Morgan fingerprint density at radius 3 is 1.57 bits per heavy atom. The average Bonchev–Trinajstić information content (AvgIpc) is 1.32. The molecule has 0 aromatic carbocycles. The van der Waals surface area contributed by atoms with Crippen molar-refractivity contribution in [2.75, 3.05) is 0 Å². The maximum absolute atomic E-state index is 9.70. The molecule has 0 aromatic rings. The zero-order chi connectivity index (χ0) is 6.15. The first-order valence-electron chi connectivity index (χ1n) is 1.17. The predicted molar refractivity (Wildman–Crippen MR) is 28.5 cm³/mol. The van der Waals surface area contributed by atoms with Gasteiger partial charge in [0.05, 0.1) is 0 Å². The van der Waals surface area contributed by atoms with Crippen molar-refractivity contribution in [3.05, 3.63) is 0 Å². The Morgan fingerprint density at radius 2 is 1.57 bits per heavy atom. The van der Waals surface area contributed by atoms with Crippen molar-refractivity contribution in [2.45, 2.75) is 0 Å². The molecule has 0 fully saturated rings. The fourth-order valence-electron chi connectivity index (χ4n) is 0. The van der Waals surface area contributed by atoms with Crippen LogP contribution in [0, 0.1) is 0 Å². The van der Waals surface area contributed by atoms with Crippen LogP contribution in [0.3, 0.4) is 0 Å². The molecule has 0 unspecified atom stereocenters. The molecule has 0 rings (SSSR count). The van der Waals surface area contributed by atoms with Crippen molar-refractivity contribution < 1.29 is 14.3 Å². The minimum atomic E-state index is -4.18. The molecule has 0 heterocycles. The van der Waals surface area contributed by atoms with E-state index >= 15 is 0 Å².